The molecule has 0 unspecified atom stereocenters. The van der Waals surface area contributed by atoms with Crippen molar-refractivity contribution in [1.29, 1.82) is 0 Å². The van der Waals surface area contributed by atoms with Crippen LogP contribution in [0.25, 0.3) is 22.5 Å². The maximum Gasteiger partial charge on any atom is 0.257 e. The van der Waals surface area contributed by atoms with Gasteiger partial charge in [0, 0.05) is 32.1 Å². The fraction of sp³-hybridized carbons (Fsp3) is 0. The zero-order chi connectivity index (χ0) is 19.0. The highest BCUT2D eigenvalue weighted by Crippen LogP contribution is 2.35. The second-order valence-corrected chi connectivity index (χ2v) is 7.49. The lowest BCUT2D eigenvalue weighted by Crippen LogP contribution is -2.12. The molecule has 27 heavy (non-hydrogen) atoms. The first-order valence-electron chi connectivity index (χ1n) is 8.25. The van der Waals surface area contributed by atoms with Gasteiger partial charge in [0.25, 0.3) is 5.91 Å². The van der Waals surface area contributed by atoms with Crippen molar-refractivity contribution in [1.82, 2.24) is 4.98 Å². The number of H-pyrrole nitrogens is 1. The topological polar surface area (TPSA) is 70.9 Å². The first-order valence-corrected chi connectivity index (χ1v) is 9.42. The maximum atomic E-state index is 12.7. The number of nitrogen functional groups attached to an aromatic ring is 1. The summed E-state index contributed by atoms with van der Waals surface area (Å²) in [6, 6.07) is 20.6. The molecule has 2 aliphatic rings. The van der Waals surface area contributed by atoms with Crippen molar-refractivity contribution in [2.45, 2.75) is 0 Å². The van der Waals surface area contributed by atoms with Crippen LogP contribution in [-0.4, -0.2) is 10.9 Å². The zero-order valence-electron chi connectivity index (χ0n) is 14.1. The Bertz CT molecular complexity index is 1090. The summed E-state index contributed by atoms with van der Waals surface area (Å²) in [6.45, 7) is 0. The highest BCUT2D eigenvalue weighted by Gasteiger charge is 2.20. The lowest BCUT2D eigenvalue weighted by Gasteiger charge is -2.07. The molecule has 0 fully saturated rings. The number of aromatic nitrogens is 1. The average Bonchev–Trinajstić information content (AvgIpc) is 3.00. The zero-order valence-corrected chi connectivity index (χ0v) is 16.4. The van der Waals surface area contributed by atoms with Crippen LogP contribution >= 0.6 is 27.5 Å². The van der Waals surface area contributed by atoms with E-state index in [9.17, 15) is 4.79 Å². The molecule has 6 heteroatoms. The summed E-state index contributed by atoms with van der Waals surface area (Å²) in [5.74, 6) is -0.243. The Balaban J connectivity index is 1.67. The van der Waals surface area contributed by atoms with Crippen LogP contribution in [0, 0.1) is 0 Å². The van der Waals surface area contributed by atoms with E-state index in [1.54, 1.807) is 6.07 Å². The van der Waals surface area contributed by atoms with Crippen LogP contribution in [0.15, 0.2) is 71.2 Å². The number of fused-ring (bicyclic) bond motifs is 1. The van der Waals surface area contributed by atoms with E-state index in [0.29, 0.717) is 22.0 Å². The summed E-state index contributed by atoms with van der Waals surface area (Å²) in [5, 5.41) is 3.56. The van der Waals surface area contributed by atoms with Gasteiger partial charge in [-0.15, -0.1) is 0 Å². The number of hydrogen-bond donors (Lipinski definition) is 3. The summed E-state index contributed by atoms with van der Waals surface area (Å²) < 4.78 is 0.948. The largest absolute Gasteiger partial charge is 0.398 e. The highest BCUT2D eigenvalue weighted by molar-refractivity contribution is 9.10. The Hall–Kier alpha value is -2.76. The minimum atomic E-state index is -0.243. The van der Waals surface area contributed by atoms with Crippen LogP contribution in [0.3, 0.4) is 0 Å². The van der Waals surface area contributed by atoms with Gasteiger partial charge in [-0.1, -0.05) is 39.7 Å². The number of amides is 1. The number of carbonyl (C=O) groups excluding carboxylic acids is 1. The number of benzene rings is 2. The van der Waals surface area contributed by atoms with Gasteiger partial charge in [-0.05, 0) is 60.2 Å². The van der Waals surface area contributed by atoms with Gasteiger partial charge < -0.3 is 16.0 Å². The predicted molar refractivity (Wildman–Crippen MR) is 114 cm³/mol. The van der Waals surface area contributed by atoms with E-state index in [2.05, 4.69) is 26.2 Å². The summed E-state index contributed by atoms with van der Waals surface area (Å²) in [6.07, 6.45) is 0. The minimum absolute atomic E-state index is 0.243. The Morgan fingerprint density at radius 1 is 0.963 bits per heavy atom. The third kappa shape index (κ3) is 3.56. The van der Waals surface area contributed by atoms with Crippen LogP contribution in [-0.2, 0) is 0 Å². The van der Waals surface area contributed by atoms with E-state index in [0.717, 1.165) is 27.0 Å². The number of aromatic amines is 1. The van der Waals surface area contributed by atoms with Crippen molar-refractivity contribution < 1.29 is 4.79 Å². The van der Waals surface area contributed by atoms with E-state index in [-0.39, 0.29) is 5.91 Å². The Morgan fingerprint density at radius 2 is 1.67 bits per heavy atom. The van der Waals surface area contributed by atoms with E-state index in [1.165, 1.54) is 0 Å². The number of nitrogens with one attached hydrogen (secondary N) is 2. The van der Waals surface area contributed by atoms with Crippen LogP contribution in [0.1, 0.15) is 10.4 Å². The average molecular weight is 441 g/mol. The van der Waals surface area contributed by atoms with Gasteiger partial charge in [0.15, 0.2) is 0 Å². The Kier molecular flexibility index (Phi) is 4.64. The van der Waals surface area contributed by atoms with Crippen LogP contribution < -0.4 is 11.1 Å². The van der Waals surface area contributed by atoms with Gasteiger partial charge in [0.05, 0.1) is 11.3 Å². The lowest BCUT2D eigenvalue weighted by molar-refractivity contribution is 0.102. The van der Waals surface area contributed by atoms with Gasteiger partial charge in [0.1, 0.15) is 0 Å². The molecule has 1 aliphatic heterocycles. The molecule has 2 aromatic carbocycles. The van der Waals surface area contributed by atoms with Crippen LogP contribution in [0.4, 0.5) is 11.4 Å². The fourth-order valence-corrected chi connectivity index (χ4v) is 3.33. The Labute approximate surface area is 169 Å². The summed E-state index contributed by atoms with van der Waals surface area (Å²) in [4.78, 5) is 16.0. The van der Waals surface area contributed by atoms with Gasteiger partial charge in [-0.25, -0.2) is 0 Å². The quantitative estimate of drug-likeness (QED) is 0.363. The number of anilines is 2. The van der Waals surface area contributed by atoms with Crippen molar-refractivity contribution >= 4 is 44.8 Å². The van der Waals surface area contributed by atoms with Crippen molar-refractivity contribution in [2.24, 2.45) is 0 Å². The molecule has 0 spiro atoms. The molecular formula is C21H15BrClN3O. The molecule has 4 nitrogen and oxygen atoms in total. The summed E-state index contributed by atoms with van der Waals surface area (Å²) in [7, 11) is 0. The van der Waals surface area contributed by atoms with Crippen LogP contribution in [0.5, 0.6) is 0 Å². The van der Waals surface area contributed by atoms with Gasteiger partial charge in [0.2, 0.25) is 0 Å². The van der Waals surface area contributed by atoms with E-state index in [4.69, 9.17) is 17.3 Å². The van der Waals surface area contributed by atoms with Crippen molar-refractivity contribution in [3.63, 3.8) is 0 Å². The number of pyridine rings is 1. The van der Waals surface area contributed by atoms with E-state index in [1.807, 2.05) is 60.7 Å². The molecule has 0 saturated heterocycles. The molecule has 2 aromatic rings. The maximum absolute atomic E-state index is 12.7. The molecule has 1 aliphatic carbocycles. The summed E-state index contributed by atoms with van der Waals surface area (Å²) >= 11 is 9.33. The number of halogens is 2. The lowest BCUT2D eigenvalue weighted by atomic mass is 10.1. The number of carbonyl (C=O) groups is 1. The third-order valence-electron chi connectivity index (χ3n) is 4.35. The monoisotopic (exact) mass is 439 g/mol. The van der Waals surface area contributed by atoms with Gasteiger partial charge in [-0.3, -0.25) is 4.79 Å². The molecule has 0 radical (unpaired) electrons. The third-order valence-corrected chi connectivity index (χ3v) is 5.13. The number of rotatable bonds is 3. The number of hydrogen-bond acceptors (Lipinski definition) is 2. The first kappa shape index (κ1) is 17.6. The van der Waals surface area contributed by atoms with Gasteiger partial charge >= 0.3 is 0 Å². The minimum Gasteiger partial charge on any atom is -0.398 e. The SMILES string of the molecule is Nc1c(C(=O)Nc2ccc(Br)cc2)cc2[nH]c(-c3ccc(Cl)cc3)ccc1-2. The molecule has 0 bridgehead atoms. The molecule has 1 amide bonds. The van der Waals surface area contributed by atoms with E-state index >= 15 is 0 Å². The number of nitrogens with two attached hydrogens (primary N) is 1. The first-order chi connectivity index (χ1) is 13.0. The molecule has 4 N–H and O–H groups in total. The standard InChI is InChI=1S/C21H15BrClN3O/c22-13-3-7-15(8-4-13)25-21(27)17-11-19-16(20(17)24)9-10-18(26-19)12-1-5-14(23)6-2-12/h1-11,26H,24H2,(H,25,27). The molecule has 0 aromatic heterocycles. The fourth-order valence-electron chi connectivity index (χ4n) is 2.94. The molecule has 1 heterocycles. The second-order valence-electron chi connectivity index (χ2n) is 6.14. The normalized spacial score (nSPS) is 10.9. The van der Waals surface area contributed by atoms with Crippen molar-refractivity contribution in [3.8, 4) is 22.5 Å². The molecule has 0 saturated carbocycles. The predicted octanol–water partition coefficient (Wildman–Crippen LogP) is 6.04. The second kappa shape index (κ2) is 7.10. The molecule has 4 rings (SSSR count). The van der Waals surface area contributed by atoms with E-state index < -0.39 is 0 Å². The molecular weight excluding hydrogens is 426 g/mol. The van der Waals surface area contributed by atoms with Crippen molar-refractivity contribution in [2.75, 3.05) is 11.1 Å². The molecule has 134 valence electrons. The van der Waals surface area contributed by atoms with Crippen LogP contribution in [0.2, 0.25) is 5.02 Å². The highest BCUT2D eigenvalue weighted by atomic mass is 79.9. The molecule has 0 atom stereocenters. The smallest absolute Gasteiger partial charge is 0.257 e. The van der Waals surface area contributed by atoms with Gasteiger partial charge in [-0.2, -0.15) is 0 Å². The summed E-state index contributed by atoms with van der Waals surface area (Å²) in [5.41, 5.74) is 11.4. The Morgan fingerprint density at radius 3 is 2.37 bits per heavy atom. The van der Waals surface area contributed by atoms with Crippen molar-refractivity contribution in [3.05, 3.63) is 81.8 Å².